The molecular formula is C18H14BrNO4S. The van der Waals surface area contributed by atoms with Crippen LogP contribution < -0.4 is 9.47 Å². The van der Waals surface area contributed by atoms with Gasteiger partial charge in [0.15, 0.2) is 11.5 Å². The second-order valence-electron chi connectivity index (χ2n) is 5.78. The van der Waals surface area contributed by atoms with Crippen molar-refractivity contribution in [3.05, 3.63) is 58.1 Å². The summed E-state index contributed by atoms with van der Waals surface area (Å²) in [4.78, 5) is 26.3. The van der Waals surface area contributed by atoms with E-state index in [-0.39, 0.29) is 17.9 Å². The Kier molecular flexibility index (Phi) is 4.43. The zero-order chi connectivity index (χ0) is 17.4. The number of thioether (sulfide) groups is 1. The van der Waals surface area contributed by atoms with Gasteiger partial charge >= 0.3 is 0 Å². The van der Waals surface area contributed by atoms with Gasteiger partial charge in [0.05, 0.1) is 11.8 Å². The van der Waals surface area contributed by atoms with E-state index in [0.29, 0.717) is 24.5 Å². The molecule has 1 fully saturated rings. The number of halogens is 1. The van der Waals surface area contributed by atoms with Crippen LogP contribution in [0.3, 0.4) is 0 Å². The summed E-state index contributed by atoms with van der Waals surface area (Å²) in [6, 6.07) is 13.2. The van der Waals surface area contributed by atoms with Gasteiger partial charge in [-0.1, -0.05) is 58.0 Å². The first-order chi connectivity index (χ1) is 12.1. The molecule has 0 bridgehead atoms. The number of ether oxygens (including phenoxy) is 2. The first-order valence-electron chi connectivity index (χ1n) is 7.76. The average molecular weight is 420 g/mol. The van der Waals surface area contributed by atoms with Crippen molar-refractivity contribution in [3.8, 4) is 11.5 Å². The van der Waals surface area contributed by atoms with E-state index in [1.165, 1.54) is 4.90 Å². The minimum Gasteiger partial charge on any atom is -0.454 e. The molecule has 0 radical (unpaired) electrons. The largest absolute Gasteiger partial charge is 0.454 e. The third-order valence-electron chi connectivity index (χ3n) is 4.14. The molecule has 0 unspecified atom stereocenters. The highest BCUT2D eigenvalue weighted by Gasteiger charge is 2.39. The van der Waals surface area contributed by atoms with Gasteiger partial charge < -0.3 is 9.47 Å². The van der Waals surface area contributed by atoms with Gasteiger partial charge in [0.2, 0.25) is 12.7 Å². The van der Waals surface area contributed by atoms with Gasteiger partial charge in [-0.3, -0.25) is 14.5 Å². The first-order valence-corrected chi connectivity index (χ1v) is 9.43. The van der Waals surface area contributed by atoms with Gasteiger partial charge in [-0.15, -0.1) is 0 Å². The molecule has 2 aromatic carbocycles. The number of carbonyl (C=O) groups excluding carboxylic acids is 2. The van der Waals surface area contributed by atoms with Crippen LogP contribution in [0.1, 0.15) is 11.1 Å². The molecule has 0 spiro atoms. The van der Waals surface area contributed by atoms with Crippen LogP contribution in [0.25, 0.3) is 0 Å². The van der Waals surface area contributed by atoms with E-state index in [2.05, 4.69) is 15.9 Å². The van der Waals surface area contributed by atoms with Crippen molar-refractivity contribution >= 4 is 38.8 Å². The lowest BCUT2D eigenvalue weighted by Crippen LogP contribution is -2.31. The van der Waals surface area contributed by atoms with Crippen LogP contribution in [0.15, 0.2) is 46.9 Å². The van der Waals surface area contributed by atoms with E-state index in [4.69, 9.17) is 9.47 Å². The number of carbonyl (C=O) groups is 2. The SMILES string of the molecule is O=C1S[C@H](Cc2cc3c(cc2Br)OCO3)C(=O)N1Cc1ccccc1. The Morgan fingerprint density at radius 1 is 1.12 bits per heavy atom. The van der Waals surface area contributed by atoms with Crippen LogP contribution in [0.4, 0.5) is 4.79 Å². The highest BCUT2D eigenvalue weighted by Crippen LogP contribution is 2.39. The molecule has 2 heterocycles. The second kappa shape index (κ2) is 6.72. The molecule has 7 heteroatoms. The van der Waals surface area contributed by atoms with Crippen LogP contribution in [0.5, 0.6) is 11.5 Å². The molecule has 1 atom stereocenters. The number of imide groups is 1. The van der Waals surface area contributed by atoms with Crippen molar-refractivity contribution in [1.82, 2.24) is 4.90 Å². The molecule has 5 nitrogen and oxygen atoms in total. The number of nitrogens with zero attached hydrogens (tertiary/aromatic N) is 1. The minimum atomic E-state index is -0.423. The van der Waals surface area contributed by atoms with E-state index in [0.717, 1.165) is 27.4 Å². The molecule has 2 aliphatic rings. The van der Waals surface area contributed by atoms with Gasteiger partial charge in [-0.25, -0.2) is 0 Å². The smallest absolute Gasteiger partial charge is 0.289 e. The van der Waals surface area contributed by atoms with Crippen molar-refractivity contribution in [2.24, 2.45) is 0 Å². The van der Waals surface area contributed by atoms with Crippen molar-refractivity contribution in [2.45, 2.75) is 18.2 Å². The monoisotopic (exact) mass is 419 g/mol. The first kappa shape index (κ1) is 16.5. The van der Waals surface area contributed by atoms with Crippen LogP contribution in [0.2, 0.25) is 0 Å². The van der Waals surface area contributed by atoms with Crippen LogP contribution >= 0.6 is 27.7 Å². The molecule has 2 aromatic rings. The molecule has 1 saturated heterocycles. The number of fused-ring (bicyclic) bond motifs is 1. The van der Waals surface area contributed by atoms with E-state index >= 15 is 0 Å². The van der Waals surface area contributed by atoms with Crippen molar-refractivity contribution in [3.63, 3.8) is 0 Å². The normalized spacial score (nSPS) is 18.9. The molecular weight excluding hydrogens is 406 g/mol. The zero-order valence-corrected chi connectivity index (χ0v) is 15.5. The standard InChI is InChI=1S/C18H14BrNO4S/c19-13-8-15-14(23-10-24-15)6-12(13)7-16-17(21)20(18(22)25-16)9-11-4-2-1-3-5-11/h1-6,8,16H,7,9-10H2/t16-/m1/s1. The summed E-state index contributed by atoms with van der Waals surface area (Å²) in [6.45, 7) is 0.510. The third kappa shape index (κ3) is 3.26. The molecule has 0 aliphatic carbocycles. The molecule has 0 saturated carbocycles. The summed E-state index contributed by atoms with van der Waals surface area (Å²) < 4.78 is 11.6. The van der Waals surface area contributed by atoms with E-state index < -0.39 is 5.25 Å². The van der Waals surface area contributed by atoms with Crippen molar-refractivity contribution in [1.29, 1.82) is 0 Å². The summed E-state index contributed by atoms with van der Waals surface area (Å²) in [5.74, 6) is 1.20. The number of rotatable bonds is 4. The summed E-state index contributed by atoms with van der Waals surface area (Å²) >= 11 is 4.59. The highest BCUT2D eigenvalue weighted by atomic mass is 79.9. The topological polar surface area (TPSA) is 55.8 Å². The lowest BCUT2D eigenvalue weighted by atomic mass is 10.1. The van der Waals surface area contributed by atoms with E-state index in [1.807, 2.05) is 42.5 Å². The molecule has 0 aromatic heterocycles. The quantitative estimate of drug-likeness (QED) is 0.749. The van der Waals surface area contributed by atoms with Gasteiger partial charge in [0.1, 0.15) is 0 Å². The van der Waals surface area contributed by atoms with E-state index in [9.17, 15) is 9.59 Å². The molecule has 0 N–H and O–H groups in total. The summed E-state index contributed by atoms with van der Waals surface area (Å²) in [5, 5.41) is -0.622. The highest BCUT2D eigenvalue weighted by molar-refractivity contribution is 9.10. The van der Waals surface area contributed by atoms with Crippen molar-refractivity contribution in [2.75, 3.05) is 6.79 Å². The zero-order valence-electron chi connectivity index (χ0n) is 13.1. The number of amides is 2. The lowest BCUT2D eigenvalue weighted by molar-refractivity contribution is -0.127. The van der Waals surface area contributed by atoms with Crippen LogP contribution in [0, 0.1) is 0 Å². The van der Waals surface area contributed by atoms with Gasteiger partial charge in [0, 0.05) is 4.47 Å². The van der Waals surface area contributed by atoms with Crippen LogP contribution in [-0.4, -0.2) is 28.1 Å². The molecule has 128 valence electrons. The summed E-state index contributed by atoms with van der Waals surface area (Å²) in [6.07, 6.45) is 0.456. The average Bonchev–Trinajstić information content (AvgIpc) is 3.16. The number of benzene rings is 2. The molecule has 25 heavy (non-hydrogen) atoms. The van der Waals surface area contributed by atoms with Crippen molar-refractivity contribution < 1.29 is 19.1 Å². The van der Waals surface area contributed by atoms with Gasteiger partial charge in [-0.05, 0) is 29.7 Å². The molecule has 4 rings (SSSR count). The van der Waals surface area contributed by atoms with Gasteiger partial charge in [-0.2, -0.15) is 0 Å². The number of hydrogen-bond donors (Lipinski definition) is 0. The maximum Gasteiger partial charge on any atom is 0.289 e. The Bertz CT molecular complexity index is 842. The maximum atomic E-state index is 12.7. The van der Waals surface area contributed by atoms with Crippen LogP contribution in [-0.2, 0) is 17.8 Å². The Morgan fingerprint density at radius 2 is 1.84 bits per heavy atom. The Hall–Kier alpha value is -1.99. The lowest BCUT2D eigenvalue weighted by Gasteiger charge is -2.14. The fourth-order valence-corrected chi connectivity index (χ4v) is 4.35. The van der Waals surface area contributed by atoms with Gasteiger partial charge in [0.25, 0.3) is 5.24 Å². The third-order valence-corrected chi connectivity index (χ3v) is 5.95. The Morgan fingerprint density at radius 3 is 2.60 bits per heavy atom. The fourth-order valence-electron chi connectivity index (χ4n) is 2.85. The molecule has 2 amide bonds. The summed E-state index contributed by atoms with van der Waals surface area (Å²) in [7, 11) is 0. The minimum absolute atomic E-state index is 0.150. The maximum absolute atomic E-state index is 12.7. The van der Waals surface area contributed by atoms with E-state index in [1.54, 1.807) is 0 Å². The number of hydrogen-bond acceptors (Lipinski definition) is 5. The predicted molar refractivity (Wildman–Crippen MR) is 97.7 cm³/mol. The predicted octanol–water partition coefficient (Wildman–Crippen LogP) is 3.98. The summed E-state index contributed by atoms with van der Waals surface area (Å²) in [5.41, 5.74) is 1.86. The second-order valence-corrected chi connectivity index (χ2v) is 7.79. The fraction of sp³-hybridized carbons (Fsp3) is 0.222. The molecule has 2 aliphatic heterocycles. The Balaban J connectivity index is 1.51. The Labute approximate surface area is 157 Å².